The van der Waals surface area contributed by atoms with Crippen molar-refractivity contribution in [1.29, 1.82) is 0 Å². The summed E-state index contributed by atoms with van der Waals surface area (Å²) in [6.07, 6.45) is 2.02. The summed E-state index contributed by atoms with van der Waals surface area (Å²) in [6.45, 7) is 9.45. The highest BCUT2D eigenvalue weighted by atomic mass is 79.9. The second-order valence-electron chi connectivity index (χ2n) is 6.58. The average molecular weight is 386 g/mol. The number of rotatable bonds is 5. The number of carbonyl (C=O) groups is 1. The zero-order valence-electron chi connectivity index (χ0n) is 14.9. The molecule has 1 rings (SSSR count). The lowest BCUT2D eigenvalue weighted by atomic mass is 10.1. The van der Waals surface area contributed by atoms with Gasteiger partial charge in [0.1, 0.15) is 6.54 Å². The van der Waals surface area contributed by atoms with Crippen LogP contribution in [0.4, 0.5) is 0 Å². The average Bonchev–Trinajstić information content (AvgIpc) is 2.70. The minimum absolute atomic E-state index is 0.0806. The van der Waals surface area contributed by atoms with E-state index in [4.69, 9.17) is 0 Å². The van der Waals surface area contributed by atoms with Crippen LogP contribution < -0.4 is 10.6 Å². The van der Waals surface area contributed by atoms with E-state index < -0.39 is 0 Å². The Morgan fingerprint density at radius 3 is 2.57 bits per heavy atom. The molecule has 0 aliphatic rings. The molecule has 1 heterocycles. The van der Waals surface area contributed by atoms with E-state index in [9.17, 15) is 4.79 Å². The summed E-state index contributed by atoms with van der Waals surface area (Å²) in [7, 11) is 3.97. The van der Waals surface area contributed by atoms with Crippen molar-refractivity contribution in [3.8, 4) is 0 Å². The maximum atomic E-state index is 11.9. The summed E-state index contributed by atoms with van der Waals surface area (Å²) in [5, 5.41) is 6.14. The molecule has 130 valence electrons. The van der Waals surface area contributed by atoms with Crippen LogP contribution in [0.2, 0.25) is 0 Å². The largest absolute Gasteiger partial charge is 0.357 e. The number of guanidine groups is 1. The summed E-state index contributed by atoms with van der Waals surface area (Å²) in [5.74, 6) is 0.636. The maximum Gasteiger partial charge on any atom is 0.242 e. The van der Waals surface area contributed by atoms with E-state index in [1.165, 1.54) is 0 Å². The predicted octanol–water partition coefficient (Wildman–Crippen LogP) is 2.10. The van der Waals surface area contributed by atoms with Crippen LogP contribution in [-0.2, 0) is 18.4 Å². The Kier molecular flexibility index (Phi) is 7.12. The van der Waals surface area contributed by atoms with Crippen LogP contribution in [0.3, 0.4) is 0 Å². The molecule has 7 heteroatoms. The summed E-state index contributed by atoms with van der Waals surface area (Å²) in [4.78, 5) is 18.4. The van der Waals surface area contributed by atoms with Gasteiger partial charge in [0.15, 0.2) is 5.96 Å². The van der Waals surface area contributed by atoms with Gasteiger partial charge in [-0.2, -0.15) is 0 Å². The number of hydrogen-bond acceptors (Lipinski definition) is 2. The van der Waals surface area contributed by atoms with E-state index >= 15 is 0 Å². The van der Waals surface area contributed by atoms with Crippen LogP contribution in [0.1, 0.15) is 33.4 Å². The van der Waals surface area contributed by atoms with Crippen LogP contribution in [0.25, 0.3) is 0 Å². The lowest BCUT2D eigenvalue weighted by Crippen LogP contribution is -2.43. The Labute approximate surface area is 147 Å². The van der Waals surface area contributed by atoms with Gasteiger partial charge in [0.2, 0.25) is 5.91 Å². The van der Waals surface area contributed by atoms with Crippen molar-refractivity contribution >= 4 is 27.8 Å². The Hall–Kier alpha value is -1.50. The molecule has 0 spiro atoms. The molecule has 0 atom stereocenters. The van der Waals surface area contributed by atoms with Crippen molar-refractivity contribution in [3.05, 3.63) is 22.4 Å². The first-order valence-corrected chi connectivity index (χ1v) is 8.53. The van der Waals surface area contributed by atoms with Crippen LogP contribution in [0, 0.1) is 0 Å². The molecular formula is C16H28BrN5O. The van der Waals surface area contributed by atoms with Gasteiger partial charge in [-0.1, -0.05) is 0 Å². The summed E-state index contributed by atoms with van der Waals surface area (Å²) in [6, 6.07) is 2.08. The monoisotopic (exact) mass is 385 g/mol. The highest BCUT2D eigenvalue weighted by Gasteiger charge is 2.14. The maximum absolute atomic E-state index is 11.9. The second-order valence-corrected chi connectivity index (χ2v) is 7.50. The smallest absolute Gasteiger partial charge is 0.242 e. The van der Waals surface area contributed by atoms with Crippen LogP contribution in [0.5, 0.6) is 0 Å². The van der Waals surface area contributed by atoms with E-state index in [2.05, 4.69) is 42.2 Å². The molecule has 0 aliphatic heterocycles. The minimum atomic E-state index is -0.244. The summed E-state index contributed by atoms with van der Waals surface area (Å²) in [5.41, 5.74) is 0.913. The number of hydrogen-bond donors (Lipinski definition) is 2. The van der Waals surface area contributed by atoms with Crippen molar-refractivity contribution in [2.24, 2.45) is 12.0 Å². The van der Waals surface area contributed by atoms with E-state index in [1.54, 1.807) is 0 Å². The third-order valence-electron chi connectivity index (χ3n) is 3.06. The van der Waals surface area contributed by atoms with Crippen molar-refractivity contribution in [2.45, 2.75) is 39.8 Å². The number of amides is 1. The standard InChI is InChI=1S/C16H28BrN5O/c1-7-18-15(19-9-14(23)20-16(2,3)4)22(6)11-13-8-12(17)10-21(13)5/h8,10H,7,9,11H2,1-6H3,(H,18,19)(H,20,23). The van der Waals surface area contributed by atoms with Crippen molar-refractivity contribution in [2.75, 3.05) is 20.1 Å². The second kappa shape index (κ2) is 8.38. The Bertz CT molecular complexity index is 559. The molecular weight excluding hydrogens is 358 g/mol. The van der Waals surface area contributed by atoms with Crippen molar-refractivity contribution in [1.82, 2.24) is 20.1 Å². The first-order chi connectivity index (χ1) is 10.6. The molecule has 1 amide bonds. The first-order valence-electron chi connectivity index (χ1n) is 7.73. The molecule has 0 saturated heterocycles. The predicted molar refractivity (Wildman–Crippen MR) is 98.5 cm³/mol. The van der Waals surface area contributed by atoms with Gasteiger partial charge in [-0.3, -0.25) is 4.79 Å². The molecule has 0 bridgehead atoms. The van der Waals surface area contributed by atoms with Crippen LogP contribution in [-0.4, -0.2) is 47.0 Å². The topological polar surface area (TPSA) is 61.7 Å². The number of aryl methyl sites for hydroxylation is 1. The van der Waals surface area contributed by atoms with Crippen LogP contribution in [0.15, 0.2) is 21.7 Å². The van der Waals surface area contributed by atoms with Crippen LogP contribution >= 0.6 is 15.9 Å². The molecule has 0 unspecified atom stereocenters. The van der Waals surface area contributed by atoms with Gasteiger partial charge in [0.05, 0.1) is 6.54 Å². The minimum Gasteiger partial charge on any atom is -0.357 e. The van der Waals surface area contributed by atoms with Gasteiger partial charge in [-0.05, 0) is 49.7 Å². The van der Waals surface area contributed by atoms with Gasteiger partial charge in [-0.15, -0.1) is 0 Å². The number of carbonyl (C=O) groups excluding carboxylic acids is 1. The number of halogens is 1. The molecule has 1 aromatic heterocycles. The zero-order valence-corrected chi connectivity index (χ0v) is 16.5. The number of aromatic nitrogens is 1. The molecule has 0 aromatic carbocycles. The molecule has 0 aliphatic carbocycles. The fourth-order valence-corrected chi connectivity index (χ4v) is 2.69. The summed E-state index contributed by atoms with van der Waals surface area (Å²) >= 11 is 3.48. The quantitative estimate of drug-likeness (QED) is 0.602. The number of nitrogens with one attached hydrogen (secondary N) is 2. The van der Waals surface area contributed by atoms with Gasteiger partial charge in [0.25, 0.3) is 0 Å². The lowest BCUT2D eigenvalue weighted by molar-refractivity contribution is -0.121. The Morgan fingerprint density at radius 1 is 1.43 bits per heavy atom. The van der Waals surface area contributed by atoms with Gasteiger partial charge in [-0.25, -0.2) is 4.99 Å². The van der Waals surface area contributed by atoms with Gasteiger partial charge in [0, 0.05) is 42.5 Å². The van der Waals surface area contributed by atoms with Gasteiger partial charge < -0.3 is 20.1 Å². The lowest BCUT2D eigenvalue weighted by Gasteiger charge is -2.23. The fourth-order valence-electron chi connectivity index (χ4n) is 2.12. The van der Waals surface area contributed by atoms with E-state index in [1.807, 2.05) is 52.9 Å². The molecule has 2 N–H and O–H groups in total. The van der Waals surface area contributed by atoms with E-state index in [0.717, 1.165) is 16.7 Å². The fraction of sp³-hybridized carbons (Fsp3) is 0.625. The third kappa shape index (κ3) is 7.07. The van der Waals surface area contributed by atoms with E-state index in [0.29, 0.717) is 12.5 Å². The van der Waals surface area contributed by atoms with Gasteiger partial charge >= 0.3 is 0 Å². The molecule has 0 saturated carbocycles. The molecule has 0 radical (unpaired) electrons. The first kappa shape index (κ1) is 19.5. The highest BCUT2D eigenvalue weighted by Crippen LogP contribution is 2.14. The molecule has 1 aromatic rings. The normalized spacial score (nSPS) is 12.2. The van der Waals surface area contributed by atoms with Crippen molar-refractivity contribution < 1.29 is 4.79 Å². The Morgan fingerprint density at radius 2 is 2.09 bits per heavy atom. The van der Waals surface area contributed by atoms with Crippen molar-refractivity contribution in [3.63, 3.8) is 0 Å². The molecule has 0 fully saturated rings. The summed E-state index contributed by atoms with van der Waals surface area (Å²) < 4.78 is 3.12. The third-order valence-corrected chi connectivity index (χ3v) is 3.49. The Balaban J connectivity index is 2.74. The number of aliphatic imine (C=N–C) groups is 1. The molecule has 6 nitrogen and oxygen atoms in total. The molecule has 23 heavy (non-hydrogen) atoms. The zero-order chi connectivity index (χ0) is 17.6. The number of nitrogens with zero attached hydrogens (tertiary/aromatic N) is 3. The SMILES string of the molecule is CCNC(=NCC(=O)NC(C)(C)C)N(C)Cc1cc(Br)cn1C. The van der Waals surface area contributed by atoms with E-state index in [-0.39, 0.29) is 18.0 Å². The highest BCUT2D eigenvalue weighted by molar-refractivity contribution is 9.10.